The number of carbonyl (C=O) groups is 2. The fraction of sp³-hybridized carbons (Fsp3) is 0.875. The van der Waals surface area contributed by atoms with Crippen LogP contribution >= 0.6 is 0 Å². The van der Waals surface area contributed by atoms with E-state index in [1.807, 2.05) is 11.9 Å². The molecule has 0 bridgehead atoms. The van der Waals surface area contributed by atoms with Crippen LogP contribution in [0.2, 0.25) is 0 Å². The van der Waals surface area contributed by atoms with Gasteiger partial charge in [0.1, 0.15) is 0 Å². The number of amides is 2. The number of aliphatic carboxylic acids is 1. The summed E-state index contributed by atoms with van der Waals surface area (Å²) in [5, 5.41) is 8.99. The van der Waals surface area contributed by atoms with Crippen LogP contribution in [0.1, 0.15) is 46.5 Å². The number of urea groups is 1. The molecule has 2 aliphatic rings. The van der Waals surface area contributed by atoms with Gasteiger partial charge in [-0.05, 0) is 31.1 Å². The van der Waals surface area contributed by atoms with Gasteiger partial charge in [0.15, 0.2) is 0 Å². The summed E-state index contributed by atoms with van der Waals surface area (Å²) in [6.45, 7) is 7.46. The molecule has 2 rings (SSSR count). The van der Waals surface area contributed by atoms with Crippen LogP contribution in [0.25, 0.3) is 0 Å². The fourth-order valence-electron chi connectivity index (χ4n) is 3.34. The zero-order valence-corrected chi connectivity index (χ0v) is 13.6. The maximum Gasteiger partial charge on any atom is 0.320 e. The van der Waals surface area contributed by atoms with Gasteiger partial charge in [0.25, 0.3) is 0 Å². The van der Waals surface area contributed by atoms with Crippen molar-refractivity contribution in [3.63, 3.8) is 0 Å². The molecule has 5 nitrogen and oxygen atoms in total. The minimum Gasteiger partial charge on any atom is -0.481 e. The Kier molecular flexibility index (Phi) is 4.49. The van der Waals surface area contributed by atoms with Crippen molar-refractivity contribution in [3.8, 4) is 0 Å². The maximum absolute atomic E-state index is 12.4. The van der Waals surface area contributed by atoms with Crippen molar-refractivity contribution in [2.75, 3.05) is 20.1 Å². The van der Waals surface area contributed by atoms with Crippen molar-refractivity contribution in [1.29, 1.82) is 0 Å². The molecule has 1 atom stereocenters. The molecule has 0 aromatic rings. The van der Waals surface area contributed by atoms with Crippen LogP contribution in [0.5, 0.6) is 0 Å². The Morgan fingerprint density at radius 2 is 1.76 bits per heavy atom. The lowest BCUT2D eigenvalue weighted by atomic mass is 9.75. The summed E-state index contributed by atoms with van der Waals surface area (Å²) in [4.78, 5) is 27.0. The van der Waals surface area contributed by atoms with Gasteiger partial charge < -0.3 is 14.9 Å². The molecule has 1 aliphatic carbocycles. The zero-order chi connectivity index (χ0) is 15.8. The van der Waals surface area contributed by atoms with E-state index in [1.54, 1.807) is 11.8 Å². The maximum atomic E-state index is 12.4. The molecule has 1 saturated heterocycles. The molecule has 1 saturated carbocycles. The summed E-state index contributed by atoms with van der Waals surface area (Å²) in [6.07, 6.45) is 4.46. The third-order valence-corrected chi connectivity index (χ3v) is 5.44. The zero-order valence-electron chi connectivity index (χ0n) is 13.6. The molecule has 0 aromatic heterocycles. The van der Waals surface area contributed by atoms with Gasteiger partial charge in [-0.1, -0.05) is 20.8 Å². The largest absolute Gasteiger partial charge is 0.481 e. The summed E-state index contributed by atoms with van der Waals surface area (Å²) in [7, 11) is 1.89. The summed E-state index contributed by atoms with van der Waals surface area (Å²) >= 11 is 0. The van der Waals surface area contributed by atoms with E-state index in [0.717, 1.165) is 25.7 Å². The second-order valence-electron chi connectivity index (χ2n) is 7.58. The Hall–Kier alpha value is -1.26. The Morgan fingerprint density at radius 1 is 1.24 bits per heavy atom. The number of carbonyl (C=O) groups excluding carboxylic acids is 1. The summed E-state index contributed by atoms with van der Waals surface area (Å²) in [5.41, 5.74) is 0.402. The lowest BCUT2D eigenvalue weighted by Gasteiger charge is -2.45. The summed E-state index contributed by atoms with van der Waals surface area (Å²) in [5.74, 6) is -1.03. The van der Waals surface area contributed by atoms with E-state index in [-0.39, 0.29) is 17.9 Å². The number of carboxylic acid groups (broad SMARTS) is 1. The van der Waals surface area contributed by atoms with Gasteiger partial charge in [0, 0.05) is 32.1 Å². The van der Waals surface area contributed by atoms with Crippen LogP contribution in [0.3, 0.4) is 0 Å². The number of nitrogens with zero attached hydrogens (tertiary/aromatic N) is 2. The van der Waals surface area contributed by atoms with Crippen molar-refractivity contribution in [2.24, 2.45) is 17.3 Å². The van der Waals surface area contributed by atoms with Crippen molar-refractivity contribution in [2.45, 2.75) is 52.5 Å². The smallest absolute Gasteiger partial charge is 0.320 e. The molecule has 120 valence electrons. The molecule has 0 aromatic carbocycles. The number of rotatable bonds is 3. The van der Waals surface area contributed by atoms with Crippen LogP contribution in [0, 0.1) is 17.3 Å². The molecule has 2 fully saturated rings. The monoisotopic (exact) mass is 296 g/mol. The normalized spacial score (nSPS) is 24.3. The molecule has 5 heteroatoms. The number of hydrogen-bond donors (Lipinski definition) is 1. The van der Waals surface area contributed by atoms with Crippen LogP contribution < -0.4 is 0 Å². The van der Waals surface area contributed by atoms with Crippen LogP contribution in [-0.4, -0.2) is 53.1 Å². The first-order valence-corrected chi connectivity index (χ1v) is 7.96. The van der Waals surface area contributed by atoms with E-state index in [0.29, 0.717) is 24.5 Å². The molecule has 0 radical (unpaired) electrons. The average molecular weight is 296 g/mol. The molecule has 1 heterocycles. The first-order chi connectivity index (χ1) is 9.71. The van der Waals surface area contributed by atoms with Crippen molar-refractivity contribution < 1.29 is 14.7 Å². The Labute approximate surface area is 127 Å². The molecule has 2 amide bonds. The van der Waals surface area contributed by atoms with Gasteiger partial charge in [-0.15, -0.1) is 0 Å². The molecule has 1 N–H and O–H groups in total. The first-order valence-electron chi connectivity index (χ1n) is 7.96. The molecule has 0 spiro atoms. The highest BCUT2D eigenvalue weighted by atomic mass is 16.4. The summed E-state index contributed by atoms with van der Waals surface area (Å²) in [6, 6.07) is 0.398. The van der Waals surface area contributed by atoms with Crippen molar-refractivity contribution in [1.82, 2.24) is 9.80 Å². The quantitative estimate of drug-likeness (QED) is 0.871. The SMILES string of the molecule is CC(C(=O)O)C1CN(C(=O)N(C)C2CCC(C)(C)CC2)C1. The minimum atomic E-state index is -0.769. The van der Waals surface area contributed by atoms with Crippen LogP contribution in [0.4, 0.5) is 4.79 Å². The lowest BCUT2D eigenvalue weighted by Crippen LogP contribution is -2.58. The van der Waals surface area contributed by atoms with E-state index in [9.17, 15) is 9.59 Å². The van der Waals surface area contributed by atoms with Gasteiger partial charge in [0.05, 0.1) is 5.92 Å². The van der Waals surface area contributed by atoms with Crippen LogP contribution in [-0.2, 0) is 4.79 Å². The van der Waals surface area contributed by atoms with Gasteiger partial charge in [-0.25, -0.2) is 4.79 Å². The molecule has 1 unspecified atom stereocenters. The highest BCUT2D eigenvalue weighted by Crippen LogP contribution is 2.37. The highest BCUT2D eigenvalue weighted by Gasteiger charge is 2.40. The molecular weight excluding hydrogens is 268 g/mol. The van der Waals surface area contributed by atoms with Crippen LogP contribution in [0.15, 0.2) is 0 Å². The standard InChI is InChI=1S/C16H28N2O3/c1-11(14(19)20)12-9-18(10-12)15(21)17(4)13-5-7-16(2,3)8-6-13/h11-13H,5-10H2,1-4H3,(H,19,20). The molecular formula is C16H28N2O3. The lowest BCUT2D eigenvalue weighted by molar-refractivity contribution is -0.144. The van der Waals surface area contributed by atoms with Gasteiger partial charge in [0.2, 0.25) is 0 Å². The minimum absolute atomic E-state index is 0.0635. The third kappa shape index (κ3) is 3.50. The second-order valence-corrected chi connectivity index (χ2v) is 7.58. The fourth-order valence-corrected chi connectivity index (χ4v) is 3.34. The average Bonchev–Trinajstić information content (AvgIpc) is 2.35. The predicted molar refractivity (Wildman–Crippen MR) is 81.1 cm³/mol. The Balaban J connectivity index is 1.81. The van der Waals surface area contributed by atoms with Gasteiger partial charge >= 0.3 is 12.0 Å². The highest BCUT2D eigenvalue weighted by molar-refractivity contribution is 5.76. The third-order valence-electron chi connectivity index (χ3n) is 5.44. The van der Waals surface area contributed by atoms with E-state index in [2.05, 4.69) is 13.8 Å². The predicted octanol–water partition coefficient (Wildman–Crippen LogP) is 2.66. The first kappa shape index (κ1) is 16.1. The number of likely N-dealkylation sites (tertiary alicyclic amines) is 1. The molecule has 21 heavy (non-hydrogen) atoms. The molecule has 1 aliphatic heterocycles. The number of carboxylic acids is 1. The van der Waals surface area contributed by atoms with Crippen molar-refractivity contribution >= 4 is 12.0 Å². The Bertz CT molecular complexity index is 406. The van der Waals surface area contributed by atoms with E-state index >= 15 is 0 Å². The van der Waals surface area contributed by atoms with E-state index in [1.165, 1.54) is 0 Å². The topological polar surface area (TPSA) is 60.9 Å². The second kappa shape index (κ2) is 5.85. The van der Waals surface area contributed by atoms with Gasteiger partial charge in [-0.3, -0.25) is 4.79 Å². The van der Waals surface area contributed by atoms with Gasteiger partial charge in [-0.2, -0.15) is 0 Å². The van der Waals surface area contributed by atoms with Crippen molar-refractivity contribution in [3.05, 3.63) is 0 Å². The van der Waals surface area contributed by atoms with E-state index in [4.69, 9.17) is 5.11 Å². The number of hydrogen-bond acceptors (Lipinski definition) is 2. The van der Waals surface area contributed by atoms with E-state index < -0.39 is 5.97 Å². The Morgan fingerprint density at radius 3 is 2.24 bits per heavy atom. The summed E-state index contributed by atoms with van der Waals surface area (Å²) < 4.78 is 0.